The highest BCUT2D eigenvalue weighted by molar-refractivity contribution is 7.16. The Morgan fingerprint density at radius 3 is 2.38 bits per heavy atom. The first kappa shape index (κ1) is 17.2. The molecule has 0 amide bonds. The zero-order chi connectivity index (χ0) is 15.6. The van der Waals surface area contributed by atoms with Gasteiger partial charge in [-0.2, -0.15) is 0 Å². The van der Waals surface area contributed by atoms with Crippen LogP contribution in [0, 0.1) is 0 Å². The lowest BCUT2D eigenvalue weighted by Crippen LogP contribution is -2.53. The molecule has 1 aromatic heterocycles. The summed E-state index contributed by atoms with van der Waals surface area (Å²) in [7, 11) is 0. The van der Waals surface area contributed by atoms with Crippen LogP contribution in [0.25, 0.3) is 0 Å². The van der Waals surface area contributed by atoms with Crippen LogP contribution < -0.4 is 5.73 Å². The van der Waals surface area contributed by atoms with Gasteiger partial charge in [0.05, 0.1) is 16.0 Å². The minimum atomic E-state index is -0.635. The molecule has 0 saturated carbocycles. The SMILES string of the molecule is CC(N)C(c1ccc(Cl)s1)N1CCN(CC(C)(C)O)CC1. The molecule has 2 rings (SSSR count). The van der Waals surface area contributed by atoms with Crippen molar-refractivity contribution in [1.82, 2.24) is 9.80 Å². The Bertz CT molecular complexity index is 450. The summed E-state index contributed by atoms with van der Waals surface area (Å²) in [4.78, 5) is 6.00. The average molecular weight is 332 g/mol. The van der Waals surface area contributed by atoms with Crippen LogP contribution in [-0.4, -0.2) is 59.3 Å². The molecule has 1 saturated heterocycles. The molecular formula is C15H26ClN3OS. The van der Waals surface area contributed by atoms with Crippen molar-refractivity contribution < 1.29 is 5.11 Å². The van der Waals surface area contributed by atoms with E-state index < -0.39 is 5.60 Å². The van der Waals surface area contributed by atoms with E-state index >= 15 is 0 Å². The third-order valence-electron chi connectivity index (χ3n) is 3.79. The van der Waals surface area contributed by atoms with Crippen LogP contribution >= 0.6 is 22.9 Å². The lowest BCUT2D eigenvalue weighted by molar-refractivity contribution is 0.00915. The third kappa shape index (κ3) is 4.91. The number of thiophene rings is 1. The number of β-amino-alcohol motifs (C(OH)–C–C–N with tert-alkyl or cyclic N) is 1. The molecule has 2 heterocycles. The smallest absolute Gasteiger partial charge is 0.0931 e. The molecule has 0 bridgehead atoms. The van der Waals surface area contributed by atoms with Gasteiger partial charge in [0.1, 0.15) is 0 Å². The minimum Gasteiger partial charge on any atom is -0.389 e. The van der Waals surface area contributed by atoms with E-state index in [0.29, 0.717) is 6.54 Å². The molecule has 0 radical (unpaired) electrons. The second-order valence-electron chi connectivity index (χ2n) is 6.57. The van der Waals surface area contributed by atoms with Crippen molar-refractivity contribution in [2.24, 2.45) is 5.73 Å². The first-order chi connectivity index (χ1) is 9.76. The number of rotatable bonds is 5. The number of nitrogens with zero attached hydrogens (tertiary/aromatic N) is 2. The van der Waals surface area contributed by atoms with Crippen molar-refractivity contribution in [2.75, 3.05) is 32.7 Å². The predicted octanol–water partition coefficient (Wildman–Crippen LogP) is 2.18. The number of nitrogens with two attached hydrogens (primary N) is 1. The van der Waals surface area contributed by atoms with E-state index in [4.69, 9.17) is 17.3 Å². The fraction of sp³-hybridized carbons (Fsp3) is 0.733. The molecule has 0 spiro atoms. The van der Waals surface area contributed by atoms with Crippen LogP contribution in [0.2, 0.25) is 4.34 Å². The van der Waals surface area contributed by atoms with Crippen molar-refractivity contribution in [3.05, 3.63) is 21.3 Å². The molecule has 1 fully saturated rings. The summed E-state index contributed by atoms with van der Waals surface area (Å²) < 4.78 is 0.816. The van der Waals surface area contributed by atoms with E-state index in [-0.39, 0.29) is 12.1 Å². The Labute approximate surface area is 136 Å². The van der Waals surface area contributed by atoms with E-state index in [1.54, 1.807) is 11.3 Å². The van der Waals surface area contributed by atoms with E-state index in [0.717, 1.165) is 30.5 Å². The highest BCUT2D eigenvalue weighted by Gasteiger charge is 2.30. The number of halogens is 1. The number of hydrogen-bond acceptors (Lipinski definition) is 5. The zero-order valence-electron chi connectivity index (χ0n) is 13.1. The summed E-state index contributed by atoms with van der Waals surface area (Å²) >= 11 is 7.69. The van der Waals surface area contributed by atoms with Gasteiger partial charge in [-0.3, -0.25) is 9.80 Å². The van der Waals surface area contributed by atoms with Gasteiger partial charge in [-0.05, 0) is 32.9 Å². The van der Waals surface area contributed by atoms with Crippen molar-refractivity contribution in [3.8, 4) is 0 Å². The Morgan fingerprint density at radius 1 is 1.33 bits per heavy atom. The fourth-order valence-electron chi connectivity index (χ4n) is 3.01. The quantitative estimate of drug-likeness (QED) is 0.868. The summed E-state index contributed by atoms with van der Waals surface area (Å²) in [6.07, 6.45) is 0. The molecule has 1 aliphatic heterocycles. The Hall–Kier alpha value is -0.170. The molecule has 0 aromatic carbocycles. The second kappa shape index (κ2) is 6.94. The highest BCUT2D eigenvalue weighted by Crippen LogP contribution is 2.32. The van der Waals surface area contributed by atoms with Crippen molar-refractivity contribution in [3.63, 3.8) is 0 Å². The van der Waals surface area contributed by atoms with Crippen LogP contribution in [0.15, 0.2) is 12.1 Å². The van der Waals surface area contributed by atoms with Crippen LogP contribution in [0.3, 0.4) is 0 Å². The molecule has 6 heteroatoms. The van der Waals surface area contributed by atoms with Gasteiger partial charge in [0.15, 0.2) is 0 Å². The maximum atomic E-state index is 9.93. The minimum absolute atomic E-state index is 0.0700. The predicted molar refractivity (Wildman–Crippen MR) is 90.0 cm³/mol. The Balaban J connectivity index is 1.98. The maximum absolute atomic E-state index is 9.93. The van der Waals surface area contributed by atoms with Crippen LogP contribution in [0.4, 0.5) is 0 Å². The molecule has 3 N–H and O–H groups in total. The van der Waals surface area contributed by atoms with Gasteiger partial charge in [-0.25, -0.2) is 0 Å². The van der Waals surface area contributed by atoms with Crippen molar-refractivity contribution >= 4 is 22.9 Å². The maximum Gasteiger partial charge on any atom is 0.0931 e. The zero-order valence-corrected chi connectivity index (χ0v) is 14.6. The molecule has 4 nitrogen and oxygen atoms in total. The van der Waals surface area contributed by atoms with Crippen molar-refractivity contribution in [1.29, 1.82) is 0 Å². The van der Waals surface area contributed by atoms with Gasteiger partial charge < -0.3 is 10.8 Å². The lowest BCUT2D eigenvalue weighted by atomic mass is 10.0. The second-order valence-corrected chi connectivity index (χ2v) is 8.32. The van der Waals surface area contributed by atoms with Crippen LogP contribution in [0.1, 0.15) is 31.7 Å². The first-order valence-electron chi connectivity index (χ1n) is 7.46. The number of piperazine rings is 1. The van der Waals surface area contributed by atoms with Crippen molar-refractivity contribution in [2.45, 2.75) is 38.5 Å². The Morgan fingerprint density at radius 2 is 1.95 bits per heavy atom. The van der Waals surface area contributed by atoms with Crippen LogP contribution in [0.5, 0.6) is 0 Å². The molecule has 21 heavy (non-hydrogen) atoms. The molecule has 2 unspecified atom stereocenters. The Kier molecular flexibility index (Phi) is 5.68. The van der Waals surface area contributed by atoms with Gasteiger partial charge in [0.25, 0.3) is 0 Å². The number of hydrogen-bond donors (Lipinski definition) is 2. The molecule has 1 aromatic rings. The van der Waals surface area contributed by atoms with Gasteiger partial charge >= 0.3 is 0 Å². The first-order valence-corrected chi connectivity index (χ1v) is 8.65. The monoisotopic (exact) mass is 331 g/mol. The van der Waals surface area contributed by atoms with E-state index in [9.17, 15) is 5.11 Å². The lowest BCUT2D eigenvalue weighted by Gasteiger charge is -2.41. The fourth-order valence-corrected chi connectivity index (χ4v) is 4.32. The van der Waals surface area contributed by atoms with E-state index in [2.05, 4.69) is 22.8 Å². The molecular weight excluding hydrogens is 306 g/mol. The molecule has 0 aliphatic carbocycles. The van der Waals surface area contributed by atoms with E-state index in [1.807, 2.05) is 19.9 Å². The summed E-state index contributed by atoms with van der Waals surface area (Å²) in [5, 5.41) is 9.93. The summed E-state index contributed by atoms with van der Waals surface area (Å²) in [5.74, 6) is 0. The van der Waals surface area contributed by atoms with Crippen LogP contribution in [-0.2, 0) is 0 Å². The summed E-state index contributed by atoms with van der Waals surface area (Å²) in [6, 6.07) is 4.33. The summed E-state index contributed by atoms with van der Waals surface area (Å²) in [5.41, 5.74) is 5.58. The summed E-state index contributed by atoms with van der Waals surface area (Å²) in [6.45, 7) is 10.4. The third-order valence-corrected chi connectivity index (χ3v) is 5.10. The highest BCUT2D eigenvalue weighted by atomic mass is 35.5. The number of aliphatic hydroxyl groups is 1. The average Bonchev–Trinajstić information content (AvgIpc) is 2.76. The standard InChI is InChI=1S/C15H26ClN3OS/c1-11(17)14(12-4-5-13(16)21-12)19-8-6-18(7-9-19)10-15(2,3)20/h4-5,11,14,20H,6-10,17H2,1-3H3. The largest absolute Gasteiger partial charge is 0.389 e. The van der Waals surface area contributed by atoms with Gasteiger partial charge in [-0.15, -0.1) is 11.3 Å². The molecule has 2 atom stereocenters. The normalized spacial score (nSPS) is 21.4. The van der Waals surface area contributed by atoms with Gasteiger partial charge in [0, 0.05) is 43.6 Å². The molecule has 120 valence electrons. The van der Waals surface area contributed by atoms with Gasteiger partial charge in [0.2, 0.25) is 0 Å². The molecule has 1 aliphatic rings. The topological polar surface area (TPSA) is 52.7 Å². The van der Waals surface area contributed by atoms with E-state index in [1.165, 1.54) is 4.88 Å². The van der Waals surface area contributed by atoms with Gasteiger partial charge in [-0.1, -0.05) is 11.6 Å².